The van der Waals surface area contributed by atoms with Gasteiger partial charge < -0.3 is 9.16 Å². The maximum absolute atomic E-state index is 11.8. The average Bonchev–Trinajstić information content (AvgIpc) is 2.64. The number of carbonyl (C=O) groups is 1. The van der Waals surface area contributed by atoms with Gasteiger partial charge in [0.15, 0.2) is 8.32 Å². The van der Waals surface area contributed by atoms with E-state index in [-0.39, 0.29) is 17.1 Å². The first-order valence-corrected chi connectivity index (χ1v) is 15.3. The lowest BCUT2D eigenvalue weighted by Crippen LogP contribution is -2.44. The summed E-state index contributed by atoms with van der Waals surface area (Å²) in [4.78, 5) is 11.8. The van der Waals surface area contributed by atoms with Gasteiger partial charge in [-0.1, -0.05) is 111 Å². The molecule has 0 fully saturated rings. The summed E-state index contributed by atoms with van der Waals surface area (Å²) in [5.74, 6) is -0.150. The summed E-state index contributed by atoms with van der Waals surface area (Å²) in [5, 5.41) is 0.164. The molecule has 0 saturated carbocycles. The highest BCUT2D eigenvalue weighted by atomic mass is 28.4. The van der Waals surface area contributed by atoms with Crippen molar-refractivity contribution < 1.29 is 14.0 Å². The maximum Gasteiger partial charge on any atom is 0.308 e. The molecule has 0 spiro atoms. The molecule has 0 aliphatic rings. The molecule has 0 aromatic rings. The second-order valence-electron chi connectivity index (χ2n) is 10.3. The van der Waals surface area contributed by atoms with Crippen LogP contribution in [-0.4, -0.2) is 27.5 Å². The lowest BCUT2D eigenvalue weighted by Gasteiger charge is -2.39. The Morgan fingerprint density at radius 1 is 0.793 bits per heavy atom. The van der Waals surface area contributed by atoms with Crippen molar-refractivity contribution in [2.45, 2.75) is 148 Å². The Balaban J connectivity index is 3.92. The van der Waals surface area contributed by atoms with Crippen molar-refractivity contribution in [3.8, 4) is 0 Å². The molecule has 0 amide bonds. The second kappa shape index (κ2) is 16.4. The van der Waals surface area contributed by atoms with Gasteiger partial charge in [0.2, 0.25) is 0 Å². The van der Waals surface area contributed by atoms with Crippen LogP contribution in [0.3, 0.4) is 0 Å². The fourth-order valence-corrected chi connectivity index (χ4v) is 4.84. The summed E-state index contributed by atoms with van der Waals surface area (Å²) in [6, 6.07) is 0. The first-order valence-electron chi connectivity index (χ1n) is 12.4. The van der Waals surface area contributed by atoms with Crippen LogP contribution in [-0.2, 0) is 14.0 Å². The molecular weight excluding hydrogens is 376 g/mol. The van der Waals surface area contributed by atoms with Crippen molar-refractivity contribution in [1.29, 1.82) is 0 Å². The van der Waals surface area contributed by atoms with E-state index in [9.17, 15) is 4.79 Å². The van der Waals surface area contributed by atoms with Crippen LogP contribution >= 0.6 is 0 Å². The molecule has 0 unspecified atom stereocenters. The summed E-state index contributed by atoms with van der Waals surface area (Å²) < 4.78 is 11.4. The van der Waals surface area contributed by atoms with Gasteiger partial charge in [-0.3, -0.25) is 4.79 Å². The normalized spacial score (nSPS) is 13.5. The van der Waals surface area contributed by atoms with Gasteiger partial charge in [-0.05, 0) is 24.6 Å². The van der Waals surface area contributed by atoms with Gasteiger partial charge in [0, 0.05) is 0 Å². The van der Waals surface area contributed by atoms with E-state index in [4.69, 9.17) is 9.16 Å². The molecule has 0 aliphatic carbocycles. The number of rotatable bonds is 18. The van der Waals surface area contributed by atoms with Crippen LogP contribution in [0.1, 0.15) is 124 Å². The van der Waals surface area contributed by atoms with E-state index < -0.39 is 8.32 Å². The summed E-state index contributed by atoms with van der Waals surface area (Å²) in [7, 11) is -0.391. The van der Waals surface area contributed by atoms with Crippen LogP contribution < -0.4 is 0 Å². The Kier molecular flexibility index (Phi) is 16.2. The molecule has 3 nitrogen and oxygen atoms in total. The van der Waals surface area contributed by atoms with Crippen molar-refractivity contribution in [1.82, 2.24) is 0 Å². The number of hydrogen-bond donors (Lipinski definition) is 0. The third-order valence-corrected chi connectivity index (χ3v) is 11.1. The Labute approximate surface area is 183 Å². The first kappa shape index (κ1) is 28.6. The van der Waals surface area contributed by atoms with E-state index in [0.717, 1.165) is 12.8 Å². The van der Waals surface area contributed by atoms with Crippen LogP contribution in [0.5, 0.6) is 0 Å². The Morgan fingerprint density at radius 2 is 1.21 bits per heavy atom. The number of unbranched alkanes of at least 4 members (excludes halogenated alkanes) is 12. The largest absolute Gasteiger partial charge is 0.469 e. The van der Waals surface area contributed by atoms with Gasteiger partial charge in [-0.2, -0.15) is 0 Å². The molecule has 0 radical (unpaired) electrons. The minimum absolute atomic E-state index is 0.0102. The highest BCUT2D eigenvalue weighted by molar-refractivity contribution is 6.74. The monoisotopic (exact) mass is 428 g/mol. The summed E-state index contributed by atoms with van der Waals surface area (Å²) in [5.41, 5.74) is 0. The summed E-state index contributed by atoms with van der Waals surface area (Å²) in [6.07, 6.45) is 19.0. The highest BCUT2D eigenvalue weighted by Crippen LogP contribution is 2.38. The van der Waals surface area contributed by atoms with Gasteiger partial charge in [-0.15, -0.1) is 0 Å². The lowest BCUT2D eigenvalue weighted by atomic mass is 10.0. The molecule has 0 N–H and O–H groups in total. The maximum atomic E-state index is 11.8. The average molecular weight is 429 g/mol. The van der Waals surface area contributed by atoms with Crippen LogP contribution in [0.2, 0.25) is 18.1 Å². The van der Waals surface area contributed by atoms with E-state index in [1.165, 1.54) is 84.2 Å². The van der Waals surface area contributed by atoms with E-state index in [1.807, 2.05) is 0 Å². The first-order chi connectivity index (χ1) is 13.6. The standard InChI is InChI=1S/C25H52O3Si/c1-8-9-10-11-12-13-14-15-16-17-18-19-20-21-23(22-24(26)27-5)28-29(6,7)25(2,3)4/h23H,8-22H2,1-7H3/t23-/m1/s1. The van der Waals surface area contributed by atoms with Crippen LogP contribution in [0.4, 0.5) is 0 Å². The molecule has 29 heavy (non-hydrogen) atoms. The Hall–Kier alpha value is -0.353. The fraction of sp³-hybridized carbons (Fsp3) is 0.960. The molecule has 0 aliphatic heterocycles. The van der Waals surface area contributed by atoms with Crippen molar-refractivity contribution in [3.05, 3.63) is 0 Å². The number of ether oxygens (including phenoxy) is 1. The molecule has 0 rings (SSSR count). The zero-order valence-corrected chi connectivity index (χ0v) is 21.9. The Bertz CT molecular complexity index is 401. The number of esters is 1. The van der Waals surface area contributed by atoms with Gasteiger partial charge >= 0.3 is 5.97 Å². The molecule has 0 aromatic carbocycles. The van der Waals surface area contributed by atoms with E-state index in [0.29, 0.717) is 6.42 Å². The third-order valence-electron chi connectivity index (χ3n) is 6.52. The quantitative estimate of drug-likeness (QED) is 0.125. The smallest absolute Gasteiger partial charge is 0.308 e. The van der Waals surface area contributed by atoms with E-state index >= 15 is 0 Å². The van der Waals surface area contributed by atoms with Gasteiger partial charge in [-0.25, -0.2) is 0 Å². The number of methoxy groups -OCH3 is 1. The molecule has 0 aromatic heterocycles. The topological polar surface area (TPSA) is 35.5 Å². The van der Waals surface area contributed by atoms with Crippen molar-refractivity contribution >= 4 is 14.3 Å². The molecule has 0 bridgehead atoms. The van der Waals surface area contributed by atoms with Crippen LogP contribution in [0, 0.1) is 0 Å². The minimum atomic E-state index is -1.86. The third kappa shape index (κ3) is 15.1. The number of hydrogen-bond acceptors (Lipinski definition) is 3. The van der Waals surface area contributed by atoms with Gasteiger partial charge in [0.05, 0.1) is 19.6 Å². The molecular formula is C25H52O3Si. The van der Waals surface area contributed by atoms with Crippen molar-refractivity contribution in [2.24, 2.45) is 0 Å². The number of carbonyl (C=O) groups excluding carboxylic acids is 1. The highest BCUT2D eigenvalue weighted by Gasteiger charge is 2.39. The van der Waals surface area contributed by atoms with Gasteiger partial charge in [0.1, 0.15) is 0 Å². The van der Waals surface area contributed by atoms with Crippen LogP contribution in [0.15, 0.2) is 0 Å². The predicted molar refractivity (Wildman–Crippen MR) is 129 cm³/mol. The zero-order valence-electron chi connectivity index (χ0n) is 20.9. The fourth-order valence-electron chi connectivity index (χ4n) is 3.46. The SMILES string of the molecule is CCCCCCCCCCCCCCC[C@H](CC(=O)OC)O[Si](C)(C)C(C)(C)C. The summed E-state index contributed by atoms with van der Waals surface area (Å²) in [6.45, 7) is 13.6. The second-order valence-corrected chi connectivity index (χ2v) is 15.1. The molecule has 0 heterocycles. The van der Waals surface area contributed by atoms with Crippen LogP contribution in [0.25, 0.3) is 0 Å². The predicted octanol–water partition coefficient (Wildman–Crippen LogP) is 8.42. The molecule has 1 atom stereocenters. The van der Waals surface area contributed by atoms with E-state index in [1.54, 1.807) is 0 Å². The molecule has 4 heteroatoms. The van der Waals surface area contributed by atoms with Gasteiger partial charge in [0.25, 0.3) is 0 Å². The molecule has 174 valence electrons. The van der Waals surface area contributed by atoms with Crippen molar-refractivity contribution in [3.63, 3.8) is 0 Å². The molecule has 0 saturated heterocycles. The Morgan fingerprint density at radius 3 is 1.59 bits per heavy atom. The van der Waals surface area contributed by atoms with Crippen molar-refractivity contribution in [2.75, 3.05) is 7.11 Å². The zero-order chi connectivity index (χ0) is 22.2. The lowest BCUT2D eigenvalue weighted by molar-refractivity contribution is -0.142. The van der Waals surface area contributed by atoms with E-state index in [2.05, 4.69) is 40.8 Å². The minimum Gasteiger partial charge on any atom is -0.469 e. The summed E-state index contributed by atoms with van der Waals surface area (Å²) >= 11 is 0.